The number of rotatable bonds is 17. The van der Waals surface area contributed by atoms with Crippen molar-refractivity contribution in [3.05, 3.63) is 58.8 Å². The summed E-state index contributed by atoms with van der Waals surface area (Å²) >= 11 is 0. The molecule has 1 aromatic heterocycles. The molecule has 0 radical (unpaired) electrons. The summed E-state index contributed by atoms with van der Waals surface area (Å²) in [6.45, 7) is 4.29. The second kappa shape index (κ2) is 23.5. The average Bonchev–Trinajstić information content (AvgIpc) is 3.98. The van der Waals surface area contributed by atoms with Crippen molar-refractivity contribution in [2.24, 2.45) is 5.92 Å². The molecule has 3 aromatic rings. The molecule has 23 heteroatoms. The molecule has 2 saturated heterocycles. The smallest absolute Gasteiger partial charge is 0.549 e. The number of hydrogen-bond donors (Lipinski definition) is 4. The van der Waals surface area contributed by atoms with Gasteiger partial charge in [-0.1, -0.05) is 37.1 Å². The molecule has 73 heavy (non-hydrogen) atoms. The first-order valence-electron chi connectivity index (χ1n) is 24.9. The van der Waals surface area contributed by atoms with Crippen molar-refractivity contribution in [1.29, 1.82) is 0 Å². The minimum absolute atomic E-state index is 0. The molecule has 3 fully saturated rings. The molecule has 3 aliphatic heterocycles. The van der Waals surface area contributed by atoms with Gasteiger partial charge < -0.3 is 59.6 Å². The van der Waals surface area contributed by atoms with Crippen LogP contribution in [0.15, 0.2) is 36.4 Å². The molecule has 1 amide bonds. The van der Waals surface area contributed by atoms with Crippen molar-refractivity contribution in [3.8, 4) is 11.5 Å². The predicted molar refractivity (Wildman–Crippen MR) is 252 cm³/mol. The van der Waals surface area contributed by atoms with E-state index in [2.05, 4.69) is 39.0 Å². The standard InChI is InChI=1S/C48H65N7O10.C2HF3O2.In/c56-37-12-11-33-25-38-48(64)26-35-34-7-3-4-8-36(34)55(44(35)46-47(48,43(33)45(37)65-46)13-16-54(38)27-32-9-10-32)15-6-2-1-5-14-49-39(57)28-50-17-19-51(29-40(58)59)21-23-53(31-42(62)63)24-22-52(20-18-50)30-41(60)61;3-2(4,5)1(6)7;/h3-4,7-8,11-12,32,38,46,56,64H,1-2,5-6,9-10,13-31H2,(H,49,57)(H,58,59)(H,60,61)(H,62,63);(H,6,7);/q;;+3/p-3/t38-,46-,47-,48+;;/m0../s1. The van der Waals surface area contributed by atoms with Gasteiger partial charge in [-0.15, -0.1) is 0 Å². The van der Waals surface area contributed by atoms with Gasteiger partial charge in [0.25, 0.3) is 0 Å². The molecule has 3 aliphatic carbocycles. The fourth-order valence-electron chi connectivity index (χ4n) is 12.0. The van der Waals surface area contributed by atoms with Crippen molar-refractivity contribution in [2.45, 2.75) is 93.7 Å². The number of carboxylic acid groups (broad SMARTS) is 4. The van der Waals surface area contributed by atoms with Gasteiger partial charge in [-0.3, -0.25) is 29.3 Å². The van der Waals surface area contributed by atoms with Crippen LogP contribution in [0.25, 0.3) is 10.9 Å². The number of carbonyl (C=O) groups excluding carboxylic acids is 4. The Morgan fingerprint density at radius 3 is 1.86 bits per heavy atom. The van der Waals surface area contributed by atoms with Gasteiger partial charge in [0.2, 0.25) is 5.91 Å². The number of aryl methyl sites for hydroxylation is 1. The maximum Gasteiger partial charge on any atom is 3.00 e. The fraction of sp³-hybridized carbons (Fsp3) is 0.620. The molecule has 394 valence electrons. The molecule has 6 aliphatic rings. The first-order valence-corrected chi connectivity index (χ1v) is 24.9. The SMILES string of the molecule is O=C(O)C(F)(F)F.O=C([O-])CN1CCN(CC(=O)[O-])CCN(CC(=O)NCCCCCCn2c3c(c4ccccc42)C[C@@]2(O)[C@@H]4Cc5ccc(O)c6c5[C@@]2(CCN4CC2CC2)[C@H]3O6)CCN(CC(=O)[O-])CC1.[In+3]. The Kier molecular flexibility index (Phi) is 18.0. The van der Waals surface area contributed by atoms with E-state index in [1.165, 1.54) is 18.4 Å². The summed E-state index contributed by atoms with van der Waals surface area (Å²) in [5.74, 6) is -5.38. The predicted octanol–water partition coefficient (Wildman–Crippen LogP) is -1.55. The van der Waals surface area contributed by atoms with E-state index in [0.29, 0.717) is 37.7 Å². The zero-order chi connectivity index (χ0) is 51.5. The largest absolute Gasteiger partial charge is 3.00 e. The van der Waals surface area contributed by atoms with E-state index in [-0.39, 0.29) is 109 Å². The minimum atomic E-state index is -5.08. The number of aromatic nitrogens is 1. The van der Waals surface area contributed by atoms with Crippen LogP contribution in [0, 0.1) is 5.92 Å². The summed E-state index contributed by atoms with van der Waals surface area (Å²) in [5, 5.41) is 70.3. The van der Waals surface area contributed by atoms with Gasteiger partial charge >= 0.3 is 38.0 Å². The van der Waals surface area contributed by atoms with Crippen LogP contribution >= 0.6 is 0 Å². The average molecular weight is 1130 g/mol. The van der Waals surface area contributed by atoms with Crippen LogP contribution in [0.4, 0.5) is 13.2 Å². The number of phenolic OH excluding ortho intramolecular Hbond substituents is 1. The van der Waals surface area contributed by atoms with Crippen molar-refractivity contribution in [1.82, 2.24) is 34.4 Å². The third-order valence-electron chi connectivity index (χ3n) is 15.6. The molecule has 4 atom stereocenters. The summed E-state index contributed by atoms with van der Waals surface area (Å²) in [6, 6.07) is 12.2. The molecule has 0 unspecified atom stereocenters. The molecule has 2 aromatic carbocycles. The topological polar surface area (TPSA) is 258 Å². The van der Waals surface area contributed by atoms with E-state index in [1.807, 2.05) is 11.0 Å². The minimum Gasteiger partial charge on any atom is -0.549 e. The molecule has 9 rings (SSSR count). The normalized spacial score (nSPS) is 24.6. The Balaban J connectivity index is 0.000000910. The van der Waals surface area contributed by atoms with Gasteiger partial charge in [-0.2, -0.15) is 13.2 Å². The maximum atomic E-state index is 13.3. The van der Waals surface area contributed by atoms with E-state index < -0.39 is 47.2 Å². The van der Waals surface area contributed by atoms with Crippen molar-refractivity contribution in [3.63, 3.8) is 0 Å². The first kappa shape index (κ1) is 56.1. The second-order valence-electron chi connectivity index (χ2n) is 20.2. The molecule has 2 bridgehead atoms. The number of carboxylic acids is 4. The van der Waals surface area contributed by atoms with Crippen LogP contribution in [0.3, 0.4) is 0 Å². The molecule has 19 nitrogen and oxygen atoms in total. The van der Waals surface area contributed by atoms with Crippen LogP contribution in [0.2, 0.25) is 0 Å². The number of nitrogens with zero attached hydrogens (tertiary/aromatic N) is 6. The Labute approximate surface area is 439 Å². The number of piperidine rings is 1. The number of ether oxygens (including phenoxy) is 1. The van der Waals surface area contributed by atoms with Gasteiger partial charge in [0.05, 0.1) is 41.2 Å². The van der Waals surface area contributed by atoms with Gasteiger partial charge in [0, 0.05) is 121 Å². The molecule has 1 saturated carbocycles. The zero-order valence-electron chi connectivity index (χ0n) is 40.8. The summed E-state index contributed by atoms with van der Waals surface area (Å²) in [4.78, 5) is 65.9. The molecule has 4 heterocycles. The van der Waals surface area contributed by atoms with E-state index >= 15 is 0 Å². The van der Waals surface area contributed by atoms with E-state index in [1.54, 1.807) is 20.8 Å². The number of amides is 1. The van der Waals surface area contributed by atoms with Crippen LogP contribution in [-0.2, 0) is 48.8 Å². The summed E-state index contributed by atoms with van der Waals surface area (Å²) in [7, 11) is 0. The third-order valence-corrected chi connectivity index (χ3v) is 15.6. The fourth-order valence-corrected chi connectivity index (χ4v) is 12.0. The Hall–Kier alpha value is -4.65. The Morgan fingerprint density at radius 1 is 0.767 bits per heavy atom. The van der Waals surface area contributed by atoms with E-state index in [4.69, 9.17) is 14.6 Å². The Bertz CT molecular complexity index is 2480. The number of para-hydroxylation sites is 1. The number of phenols is 1. The number of nitrogens with one attached hydrogen (secondary N) is 1. The zero-order valence-corrected chi connectivity index (χ0v) is 44.1. The third kappa shape index (κ3) is 12.4. The number of hydrogen-bond acceptors (Lipinski definition) is 16. The Morgan fingerprint density at radius 2 is 1.32 bits per heavy atom. The number of likely N-dealkylation sites (tertiary alicyclic amines) is 1. The number of halogens is 3. The number of alkyl halides is 3. The number of fused-ring (bicyclic) bond motifs is 4. The van der Waals surface area contributed by atoms with Crippen molar-refractivity contribution in [2.75, 3.05) is 98.2 Å². The van der Waals surface area contributed by atoms with Gasteiger partial charge in [-0.05, 0) is 74.2 Å². The van der Waals surface area contributed by atoms with Crippen LogP contribution < -0.4 is 25.4 Å². The van der Waals surface area contributed by atoms with Gasteiger partial charge in [-0.25, -0.2) is 4.79 Å². The number of aliphatic hydroxyl groups is 1. The number of benzene rings is 2. The number of aliphatic carboxylic acids is 4. The van der Waals surface area contributed by atoms with Crippen LogP contribution in [-0.4, -0.2) is 216 Å². The monoisotopic (exact) mass is 1130 g/mol. The number of unbranched alkanes of at least 4 members (excludes halogenated alkanes) is 3. The van der Waals surface area contributed by atoms with Crippen molar-refractivity contribution >= 4 is 66.5 Å². The van der Waals surface area contributed by atoms with E-state index in [0.717, 1.165) is 85.9 Å². The summed E-state index contributed by atoms with van der Waals surface area (Å²) in [6.07, 6.45) is 2.53. The molecular weight excluding hydrogens is 1060 g/mol. The summed E-state index contributed by atoms with van der Waals surface area (Å²) < 4.78 is 41.1. The quantitative estimate of drug-likeness (QED) is 0.112. The number of carbonyl (C=O) groups is 5. The van der Waals surface area contributed by atoms with Crippen molar-refractivity contribution < 1.29 is 72.5 Å². The van der Waals surface area contributed by atoms with Gasteiger partial charge in [0.1, 0.15) is 0 Å². The number of aromatic hydroxyl groups is 1. The molecular formula is C50H63F3InN7O12. The van der Waals surface area contributed by atoms with Crippen LogP contribution in [0.1, 0.15) is 73.4 Å². The first-order chi connectivity index (χ1) is 34.3. The molecule has 1 spiro atoms. The van der Waals surface area contributed by atoms with E-state index in [9.17, 15) is 57.9 Å². The van der Waals surface area contributed by atoms with Gasteiger partial charge in [0.15, 0.2) is 17.6 Å². The maximum absolute atomic E-state index is 13.3. The molecule has 4 N–H and O–H groups in total. The second-order valence-corrected chi connectivity index (χ2v) is 20.2. The van der Waals surface area contributed by atoms with Crippen LogP contribution in [0.5, 0.6) is 11.5 Å². The summed E-state index contributed by atoms with van der Waals surface area (Å²) in [5.41, 5.74) is 3.88.